The normalized spacial score (nSPS) is 12.7. The van der Waals surface area contributed by atoms with Crippen LogP contribution in [0, 0.1) is 5.41 Å². The fourth-order valence-corrected chi connectivity index (χ4v) is 2.04. The molecule has 0 unspecified atom stereocenters. The van der Waals surface area contributed by atoms with Crippen LogP contribution in [0.1, 0.15) is 33.6 Å². The van der Waals surface area contributed by atoms with E-state index in [0.29, 0.717) is 19.2 Å². The third-order valence-electron chi connectivity index (χ3n) is 3.39. The number of nitrogens with zero attached hydrogens (tertiary/aromatic N) is 1. The number of ether oxygens (including phenoxy) is 1. The molecule has 0 aromatic rings. The molecule has 104 valence electrons. The summed E-state index contributed by atoms with van der Waals surface area (Å²) in [6.07, 6.45) is 2.15. The second kappa shape index (κ2) is 8.86. The van der Waals surface area contributed by atoms with Crippen LogP contribution in [0.3, 0.4) is 0 Å². The highest BCUT2D eigenvalue weighted by molar-refractivity contribution is 4.80. The lowest BCUT2D eigenvalue weighted by Crippen LogP contribution is -2.46. The van der Waals surface area contributed by atoms with Crippen LogP contribution in [0.5, 0.6) is 0 Å². The Hall–Kier alpha value is -0.160. The number of methoxy groups -OCH3 is 1. The summed E-state index contributed by atoms with van der Waals surface area (Å²) in [6, 6.07) is 0.488. The van der Waals surface area contributed by atoms with Gasteiger partial charge in [0.05, 0.1) is 19.8 Å². The number of hydrogen-bond acceptors (Lipinski definition) is 4. The van der Waals surface area contributed by atoms with Crippen LogP contribution in [0.25, 0.3) is 0 Å². The monoisotopic (exact) mass is 247 g/mol. The van der Waals surface area contributed by atoms with Crippen molar-refractivity contribution in [1.29, 1.82) is 0 Å². The Labute approximate surface area is 106 Å². The summed E-state index contributed by atoms with van der Waals surface area (Å²) >= 11 is 0. The summed E-state index contributed by atoms with van der Waals surface area (Å²) in [5.41, 5.74) is -0.434. The van der Waals surface area contributed by atoms with Gasteiger partial charge >= 0.3 is 0 Å². The summed E-state index contributed by atoms with van der Waals surface area (Å²) in [5.74, 6) is 0. The molecule has 0 amide bonds. The highest BCUT2D eigenvalue weighted by Gasteiger charge is 2.28. The second-order valence-corrected chi connectivity index (χ2v) is 5.06. The summed E-state index contributed by atoms with van der Waals surface area (Å²) < 4.78 is 5.13. The first-order valence-electron chi connectivity index (χ1n) is 6.51. The third-order valence-corrected chi connectivity index (χ3v) is 3.39. The zero-order valence-corrected chi connectivity index (χ0v) is 11.8. The van der Waals surface area contributed by atoms with Crippen molar-refractivity contribution < 1.29 is 14.9 Å². The van der Waals surface area contributed by atoms with Crippen molar-refractivity contribution in [2.24, 2.45) is 5.41 Å². The Balaban J connectivity index is 4.55. The lowest BCUT2D eigenvalue weighted by molar-refractivity contribution is 0.0113. The molecule has 0 heterocycles. The molecule has 0 fully saturated rings. The largest absolute Gasteiger partial charge is 0.396 e. The molecule has 0 saturated carbocycles. The highest BCUT2D eigenvalue weighted by atomic mass is 16.5. The first-order valence-corrected chi connectivity index (χ1v) is 6.51. The third kappa shape index (κ3) is 5.82. The van der Waals surface area contributed by atoms with Crippen LogP contribution in [-0.2, 0) is 4.74 Å². The van der Waals surface area contributed by atoms with E-state index in [1.165, 1.54) is 0 Å². The predicted octanol–water partition coefficient (Wildman–Crippen LogP) is 1.11. The van der Waals surface area contributed by atoms with E-state index in [1.54, 1.807) is 7.11 Å². The van der Waals surface area contributed by atoms with E-state index in [1.807, 2.05) is 6.92 Å². The van der Waals surface area contributed by atoms with Gasteiger partial charge in [-0.1, -0.05) is 20.8 Å². The van der Waals surface area contributed by atoms with E-state index in [2.05, 4.69) is 18.7 Å². The molecule has 0 aliphatic heterocycles. The first-order chi connectivity index (χ1) is 8.06. The Morgan fingerprint density at radius 1 is 1.18 bits per heavy atom. The highest BCUT2D eigenvalue weighted by Crippen LogP contribution is 2.20. The molecule has 0 aliphatic carbocycles. The van der Waals surface area contributed by atoms with Crippen molar-refractivity contribution in [2.75, 3.05) is 40.0 Å². The predicted molar refractivity (Wildman–Crippen MR) is 70.1 cm³/mol. The fourth-order valence-electron chi connectivity index (χ4n) is 2.04. The minimum absolute atomic E-state index is 0.00707. The molecule has 2 N–H and O–H groups in total. The van der Waals surface area contributed by atoms with Gasteiger partial charge in [0.25, 0.3) is 0 Å². The van der Waals surface area contributed by atoms with Crippen LogP contribution in [0.4, 0.5) is 0 Å². The topological polar surface area (TPSA) is 52.9 Å². The average molecular weight is 247 g/mol. The molecule has 0 rings (SSSR count). The van der Waals surface area contributed by atoms with Crippen molar-refractivity contribution in [2.45, 2.75) is 39.7 Å². The van der Waals surface area contributed by atoms with Gasteiger partial charge < -0.3 is 14.9 Å². The summed E-state index contributed by atoms with van der Waals surface area (Å²) in [6.45, 7) is 8.50. The van der Waals surface area contributed by atoms with Crippen molar-refractivity contribution in [3.63, 3.8) is 0 Å². The SMILES string of the molecule is CCC(CC)N(CCOC)CC(C)(CO)CO. The van der Waals surface area contributed by atoms with Gasteiger partial charge in [-0.3, -0.25) is 4.90 Å². The van der Waals surface area contributed by atoms with E-state index < -0.39 is 5.41 Å². The summed E-state index contributed by atoms with van der Waals surface area (Å²) in [7, 11) is 1.70. The minimum atomic E-state index is -0.434. The maximum absolute atomic E-state index is 9.37. The van der Waals surface area contributed by atoms with Crippen molar-refractivity contribution in [3.05, 3.63) is 0 Å². The number of rotatable bonds is 10. The maximum atomic E-state index is 9.37. The lowest BCUT2D eigenvalue weighted by Gasteiger charge is -2.37. The molecule has 0 aromatic carbocycles. The van der Waals surface area contributed by atoms with Gasteiger partial charge in [-0.25, -0.2) is 0 Å². The molecule has 0 bridgehead atoms. The summed E-state index contributed by atoms with van der Waals surface area (Å²) in [4.78, 5) is 2.32. The Morgan fingerprint density at radius 2 is 1.71 bits per heavy atom. The van der Waals surface area contributed by atoms with Gasteiger partial charge in [0.2, 0.25) is 0 Å². The minimum Gasteiger partial charge on any atom is -0.396 e. The summed E-state index contributed by atoms with van der Waals surface area (Å²) in [5, 5.41) is 18.7. The standard InChI is InChI=1S/C13H29NO3/c1-5-12(6-2)14(7-8-17-4)9-13(3,10-15)11-16/h12,15-16H,5-11H2,1-4H3. The van der Waals surface area contributed by atoms with E-state index in [9.17, 15) is 10.2 Å². The zero-order valence-electron chi connectivity index (χ0n) is 11.8. The molecule has 0 saturated heterocycles. The number of hydrogen-bond donors (Lipinski definition) is 2. The molecule has 0 aliphatic rings. The fraction of sp³-hybridized carbons (Fsp3) is 1.00. The van der Waals surface area contributed by atoms with E-state index in [-0.39, 0.29) is 13.2 Å². The van der Waals surface area contributed by atoms with E-state index >= 15 is 0 Å². The van der Waals surface area contributed by atoms with Crippen molar-refractivity contribution in [1.82, 2.24) is 4.90 Å². The van der Waals surface area contributed by atoms with Crippen LogP contribution >= 0.6 is 0 Å². The Morgan fingerprint density at radius 3 is 2.06 bits per heavy atom. The van der Waals surface area contributed by atoms with Gasteiger partial charge in [-0.2, -0.15) is 0 Å². The van der Waals surface area contributed by atoms with Crippen LogP contribution in [-0.4, -0.2) is 61.2 Å². The zero-order chi connectivity index (χ0) is 13.3. The molecular weight excluding hydrogens is 218 g/mol. The number of aliphatic hydroxyl groups is 2. The lowest BCUT2D eigenvalue weighted by atomic mass is 9.91. The van der Waals surface area contributed by atoms with Crippen LogP contribution in [0.15, 0.2) is 0 Å². The molecule has 4 nitrogen and oxygen atoms in total. The quantitative estimate of drug-likeness (QED) is 0.607. The Bertz CT molecular complexity index is 180. The van der Waals surface area contributed by atoms with Gasteiger partial charge in [0.15, 0.2) is 0 Å². The van der Waals surface area contributed by atoms with Gasteiger partial charge in [0, 0.05) is 31.7 Å². The van der Waals surface area contributed by atoms with E-state index in [4.69, 9.17) is 4.74 Å². The second-order valence-electron chi connectivity index (χ2n) is 5.06. The van der Waals surface area contributed by atoms with Crippen molar-refractivity contribution in [3.8, 4) is 0 Å². The molecular formula is C13H29NO3. The molecule has 4 heteroatoms. The van der Waals surface area contributed by atoms with E-state index in [0.717, 1.165) is 19.4 Å². The molecule has 17 heavy (non-hydrogen) atoms. The van der Waals surface area contributed by atoms with Gasteiger partial charge in [0.1, 0.15) is 0 Å². The molecule has 0 atom stereocenters. The first kappa shape index (κ1) is 16.8. The Kier molecular flexibility index (Phi) is 8.78. The van der Waals surface area contributed by atoms with Crippen LogP contribution in [0.2, 0.25) is 0 Å². The van der Waals surface area contributed by atoms with Crippen molar-refractivity contribution >= 4 is 0 Å². The van der Waals surface area contributed by atoms with Crippen LogP contribution < -0.4 is 0 Å². The smallest absolute Gasteiger partial charge is 0.0589 e. The van der Waals surface area contributed by atoms with Gasteiger partial charge in [-0.05, 0) is 12.8 Å². The molecule has 0 radical (unpaired) electrons. The maximum Gasteiger partial charge on any atom is 0.0589 e. The molecule has 0 aromatic heterocycles. The molecule has 0 spiro atoms. The number of aliphatic hydroxyl groups excluding tert-OH is 2. The average Bonchev–Trinajstić information content (AvgIpc) is 2.36. The van der Waals surface area contributed by atoms with Gasteiger partial charge in [-0.15, -0.1) is 0 Å².